The van der Waals surface area contributed by atoms with Gasteiger partial charge in [0.05, 0.1) is 6.26 Å². The molecule has 0 aromatic carbocycles. The largest absolute Gasteiger partial charge is 0.349 e. The standard InChI is InChI=1S/C12H17N3O3S/c1-19(17,18)15-8-4-11(5-9-15)14-12(16)10-2-6-13-7-3-10/h2-3,6-7,11H,4-5,8-9H2,1H3,(H,14,16). The number of carbonyl (C=O) groups excluding carboxylic acids is 1. The first-order valence-electron chi connectivity index (χ1n) is 6.13. The molecule has 7 heteroatoms. The van der Waals surface area contributed by atoms with E-state index in [9.17, 15) is 13.2 Å². The van der Waals surface area contributed by atoms with E-state index >= 15 is 0 Å². The minimum atomic E-state index is -3.12. The van der Waals surface area contributed by atoms with Crippen molar-refractivity contribution < 1.29 is 13.2 Å². The molecule has 0 saturated carbocycles. The highest BCUT2D eigenvalue weighted by atomic mass is 32.2. The smallest absolute Gasteiger partial charge is 0.251 e. The van der Waals surface area contributed by atoms with Crippen LogP contribution in [-0.2, 0) is 10.0 Å². The minimum Gasteiger partial charge on any atom is -0.349 e. The highest BCUT2D eigenvalue weighted by Crippen LogP contribution is 2.13. The molecule has 1 aliphatic rings. The third-order valence-electron chi connectivity index (χ3n) is 3.20. The maximum Gasteiger partial charge on any atom is 0.251 e. The Bertz CT molecular complexity index is 537. The van der Waals surface area contributed by atoms with E-state index in [2.05, 4.69) is 10.3 Å². The van der Waals surface area contributed by atoms with E-state index in [0.29, 0.717) is 31.5 Å². The maximum atomic E-state index is 11.9. The van der Waals surface area contributed by atoms with Crippen LogP contribution in [0.4, 0.5) is 0 Å². The number of pyridine rings is 1. The van der Waals surface area contributed by atoms with Crippen molar-refractivity contribution in [3.8, 4) is 0 Å². The van der Waals surface area contributed by atoms with Gasteiger partial charge < -0.3 is 5.32 Å². The van der Waals surface area contributed by atoms with Gasteiger partial charge in [0.15, 0.2) is 0 Å². The Balaban J connectivity index is 1.88. The molecule has 6 nitrogen and oxygen atoms in total. The zero-order valence-corrected chi connectivity index (χ0v) is 11.6. The predicted octanol–water partition coefficient (Wildman–Crippen LogP) is 0.235. The molecule has 1 fully saturated rings. The molecule has 0 aliphatic carbocycles. The Labute approximate surface area is 112 Å². The Hall–Kier alpha value is -1.47. The van der Waals surface area contributed by atoms with Gasteiger partial charge in [-0.05, 0) is 25.0 Å². The molecule has 0 atom stereocenters. The summed E-state index contributed by atoms with van der Waals surface area (Å²) in [6.45, 7) is 0.917. The third kappa shape index (κ3) is 3.74. The molecule has 1 aromatic rings. The number of hydrogen-bond acceptors (Lipinski definition) is 4. The normalized spacial score (nSPS) is 18.2. The van der Waals surface area contributed by atoms with Gasteiger partial charge in [-0.15, -0.1) is 0 Å². The average molecular weight is 283 g/mol. The van der Waals surface area contributed by atoms with Gasteiger partial charge in [0.1, 0.15) is 0 Å². The molecule has 0 radical (unpaired) electrons. The van der Waals surface area contributed by atoms with E-state index in [-0.39, 0.29) is 11.9 Å². The molecular formula is C12H17N3O3S. The molecule has 2 rings (SSSR count). The summed E-state index contributed by atoms with van der Waals surface area (Å²) in [6.07, 6.45) is 5.64. The third-order valence-corrected chi connectivity index (χ3v) is 4.50. The quantitative estimate of drug-likeness (QED) is 0.861. The number of aromatic nitrogens is 1. The molecule has 19 heavy (non-hydrogen) atoms. The van der Waals surface area contributed by atoms with Crippen LogP contribution in [0.25, 0.3) is 0 Å². The van der Waals surface area contributed by atoms with Crippen molar-refractivity contribution in [1.29, 1.82) is 0 Å². The summed E-state index contributed by atoms with van der Waals surface area (Å²) in [5.74, 6) is -0.139. The number of nitrogens with one attached hydrogen (secondary N) is 1. The second kappa shape index (κ2) is 5.66. The lowest BCUT2D eigenvalue weighted by Gasteiger charge is -2.30. The van der Waals surface area contributed by atoms with Crippen molar-refractivity contribution in [1.82, 2.24) is 14.6 Å². The molecule has 0 spiro atoms. The Morgan fingerprint density at radius 3 is 2.42 bits per heavy atom. The van der Waals surface area contributed by atoms with E-state index < -0.39 is 10.0 Å². The maximum absolute atomic E-state index is 11.9. The summed E-state index contributed by atoms with van der Waals surface area (Å²) in [6, 6.07) is 3.33. The molecule has 1 saturated heterocycles. The van der Waals surface area contributed by atoms with E-state index in [4.69, 9.17) is 0 Å². The summed E-state index contributed by atoms with van der Waals surface area (Å²) in [5, 5.41) is 2.92. The molecule has 1 N–H and O–H groups in total. The highest BCUT2D eigenvalue weighted by molar-refractivity contribution is 7.88. The zero-order valence-electron chi connectivity index (χ0n) is 10.7. The van der Waals surface area contributed by atoms with Crippen LogP contribution in [0.2, 0.25) is 0 Å². The first-order valence-corrected chi connectivity index (χ1v) is 7.97. The van der Waals surface area contributed by atoms with Crippen LogP contribution < -0.4 is 5.32 Å². The molecule has 104 valence electrons. The van der Waals surface area contributed by atoms with E-state index in [1.165, 1.54) is 10.6 Å². The van der Waals surface area contributed by atoms with Crippen molar-refractivity contribution in [2.45, 2.75) is 18.9 Å². The van der Waals surface area contributed by atoms with Gasteiger partial charge in [-0.2, -0.15) is 0 Å². The molecule has 0 bridgehead atoms. The van der Waals surface area contributed by atoms with Crippen LogP contribution >= 0.6 is 0 Å². The highest BCUT2D eigenvalue weighted by Gasteiger charge is 2.25. The van der Waals surface area contributed by atoms with Gasteiger partial charge in [-0.3, -0.25) is 9.78 Å². The van der Waals surface area contributed by atoms with Crippen LogP contribution in [-0.4, -0.2) is 49.0 Å². The second-order valence-corrected chi connectivity index (χ2v) is 6.63. The van der Waals surface area contributed by atoms with Crippen LogP contribution in [0.1, 0.15) is 23.2 Å². The topological polar surface area (TPSA) is 79.4 Å². The fraction of sp³-hybridized carbons (Fsp3) is 0.500. The van der Waals surface area contributed by atoms with Gasteiger partial charge in [-0.1, -0.05) is 0 Å². The van der Waals surface area contributed by atoms with Crippen molar-refractivity contribution in [2.24, 2.45) is 0 Å². The number of hydrogen-bond donors (Lipinski definition) is 1. The molecule has 2 heterocycles. The Morgan fingerprint density at radius 1 is 1.32 bits per heavy atom. The number of sulfonamides is 1. The van der Waals surface area contributed by atoms with E-state index in [1.54, 1.807) is 24.5 Å². The summed E-state index contributed by atoms with van der Waals surface area (Å²) < 4.78 is 24.2. The monoisotopic (exact) mass is 283 g/mol. The van der Waals surface area contributed by atoms with Crippen LogP contribution in [0.3, 0.4) is 0 Å². The van der Waals surface area contributed by atoms with E-state index in [1.807, 2.05) is 0 Å². The van der Waals surface area contributed by atoms with Gasteiger partial charge in [0.25, 0.3) is 5.91 Å². The van der Waals surface area contributed by atoms with Crippen molar-refractivity contribution in [3.63, 3.8) is 0 Å². The molecule has 1 aliphatic heterocycles. The second-order valence-electron chi connectivity index (χ2n) is 4.65. The van der Waals surface area contributed by atoms with E-state index in [0.717, 1.165) is 0 Å². The molecule has 1 aromatic heterocycles. The van der Waals surface area contributed by atoms with Crippen molar-refractivity contribution in [2.75, 3.05) is 19.3 Å². The first-order chi connectivity index (χ1) is 8.97. The zero-order chi connectivity index (χ0) is 13.9. The SMILES string of the molecule is CS(=O)(=O)N1CCC(NC(=O)c2ccncc2)CC1. The number of rotatable bonds is 3. The van der Waals surface area contributed by atoms with Crippen LogP contribution in [0.5, 0.6) is 0 Å². The number of piperidine rings is 1. The van der Waals surface area contributed by atoms with Crippen LogP contribution in [0.15, 0.2) is 24.5 Å². The molecule has 0 unspecified atom stereocenters. The Morgan fingerprint density at radius 2 is 1.89 bits per heavy atom. The van der Waals surface area contributed by atoms with Crippen molar-refractivity contribution >= 4 is 15.9 Å². The molecule has 1 amide bonds. The lowest BCUT2D eigenvalue weighted by Crippen LogP contribution is -2.46. The number of amides is 1. The summed E-state index contributed by atoms with van der Waals surface area (Å²) >= 11 is 0. The average Bonchev–Trinajstić information content (AvgIpc) is 2.39. The summed E-state index contributed by atoms with van der Waals surface area (Å²) in [7, 11) is -3.12. The van der Waals surface area contributed by atoms with Gasteiger partial charge in [0, 0.05) is 37.1 Å². The van der Waals surface area contributed by atoms with Crippen LogP contribution in [0, 0.1) is 0 Å². The van der Waals surface area contributed by atoms with Crippen molar-refractivity contribution in [3.05, 3.63) is 30.1 Å². The fourth-order valence-corrected chi connectivity index (χ4v) is 2.98. The van der Waals surface area contributed by atoms with Gasteiger partial charge >= 0.3 is 0 Å². The Kier molecular flexibility index (Phi) is 4.16. The predicted molar refractivity (Wildman–Crippen MR) is 71.1 cm³/mol. The summed E-state index contributed by atoms with van der Waals surface area (Å²) in [4.78, 5) is 15.8. The minimum absolute atomic E-state index is 0.0265. The van der Waals surface area contributed by atoms with Gasteiger partial charge in [0.2, 0.25) is 10.0 Å². The number of carbonyl (C=O) groups is 1. The first kappa shape index (κ1) is 14.0. The fourth-order valence-electron chi connectivity index (χ4n) is 2.10. The number of nitrogens with zero attached hydrogens (tertiary/aromatic N) is 2. The lowest BCUT2D eigenvalue weighted by atomic mass is 10.1. The lowest BCUT2D eigenvalue weighted by molar-refractivity contribution is 0.0924. The summed E-state index contributed by atoms with van der Waals surface area (Å²) in [5.41, 5.74) is 0.570. The molecular weight excluding hydrogens is 266 g/mol. The van der Waals surface area contributed by atoms with Gasteiger partial charge in [-0.25, -0.2) is 12.7 Å².